The lowest BCUT2D eigenvalue weighted by Crippen LogP contribution is -2.13. The van der Waals surface area contributed by atoms with Crippen LogP contribution in [0.2, 0.25) is 0 Å². The molecule has 2 rings (SSSR count). The van der Waals surface area contributed by atoms with Gasteiger partial charge >= 0.3 is 0 Å². The summed E-state index contributed by atoms with van der Waals surface area (Å²) in [5, 5.41) is 7.56. The average molecular weight is 261 g/mol. The van der Waals surface area contributed by atoms with Gasteiger partial charge in [-0.3, -0.25) is 9.48 Å². The molecular formula is C13H19N5O. The van der Waals surface area contributed by atoms with Gasteiger partial charge in [-0.2, -0.15) is 5.10 Å². The van der Waals surface area contributed by atoms with Crippen LogP contribution in [0.15, 0.2) is 17.1 Å². The molecule has 0 radical (unpaired) electrons. The molecule has 19 heavy (non-hydrogen) atoms. The van der Waals surface area contributed by atoms with Crippen LogP contribution < -0.4 is 10.9 Å². The second kappa shape index (κ2) is 5.69. The Bertz CT molecular complexity index is 614. The van der Waals surface area contributed by atoms with E-state index in [0.717, 1.165) is 17.7 Å². The van der Waals surface area contributed by atoms with Crippen molar-refractivity contribution < 1.29 is 0 Å². The van der Waals surface area contributed by atoms with Crippen LogP contribution in [0.5, 0.6) is 0 Å². The molecule has 6 nitrogen and oxygen atoms in total. The lowest BCUT2D eigenvalue weighted by molar-refractivity contribution is 0.746. The summed E-state index contributed by atoms with van der Waals surface area (Å²) in [7, 11) is 1.91. The number of hydrogen-bond donors (Lipinski definition) is 2. The van der Waals surface area contributed by atoms with Crippen LogP contribution in [0.25, 0.3) is 0 Å². The molecule has 0 saturated heterocycles. The first-order chi connectivity index (χ1) is 9.12. The van der Waals surface area contributed by atoms with Crippen molar-refractivity contribution in [2.24, 2.45) is 7.05 Å². The lowest BCUT2D eigenvalue weighted by Gasteiger charge is -2.06. The number of aromatic nitrogens is 4. The SMILES string of the molecule is CCc1nc(NCc2cn(C)nc2CC)cc(=O)[nH]1. The highest BCUT2D eigenvalue weighted by Gasteiger charge is 2.06. The zero-order chi connectivity index (χ0) is 13.8. The summed E-state index contributed by atoms with van der Waals surface area (Å²) in [6.07, 6.45) is 3.58. The highest BCUT2D eigenvalue weighted by atomic mass is 16.1. The Labute approximate surface area is 111 Å². The van der Waals surface area contributed by atoms with Crippen LogP contribution >= 0.6 is 0 Å². The Morgan fingerprint density at radius 3 is 2.84 bits per heavy atom. The van der Waals surface area contributed by atoms with Crippen molar-refractivity contribution in [3.05, 3.63) is 39.7 Å². The Kier molecular flexibility index (Phi) is 3.99. The molecule has 6 heteroatoms. The van der Waals surface area contributed by atoms with Crippen LogP contribution in [0.4, 0.5) is 5.82 Å². The van der Waals surface area contributed by atoms with Crippen LogP contribution in [0.1, 0.15) is 30.9 Å². The highest BCUT2D eigenvalue weighted by Crippen LogP contribution is 2.09. The van der Waals surface area contributed by atoms with Gasteiger partial charge in [-0.1, -0.05) is 13.8 Å². The van der Waals surface area contributed by atoms with Gasteiger partial charge in [-0.05, 0) is 6.42 Å². The standard InChI is InChI=1S/C13H19N5O/c1-4-10-9(8-18(3)17-10)7-14-12-6-13(19)16-11(5-2)15-12/h6,8H,4-5,7H2,1-3H3,(H2,14,15,16,19). The van der Waals surface area contributed by atoms with E-state index in [9.17, 15) is 4.79 Å². The molecule has 102 valence electrons. The molecule has 0 bridgehead atoms. The minimum absolute atomic E-state index is 0.128. The normalized spacial score (nSPS) is 10.7. The van der Waals surface area contributed by atoms with Crippen molar-refractivity contribution in [1.82, 2.24) is 19.7 Å². The van der Waals surface area contributed by atoms with Gasteiger partial charge in [0.25, 0.3) is 5.56 Å². The van der Waals surface area contributed by atoms with E-state index in [4.69, 9.17) is 0 Å². The molecule has 2 aromatic rings. The minimum atomic E-state index is -0.128. The molecular weight excluding hydrogens is 242 g/mol. The Balaban J connectivity index is 2.13. The number of nitrogens with one attached hydrogen (secondary N) is 2. The van der Waals surface area contributed by atoms with Crippen molar-refractivity contribution >= 4 is 5.82 Å². The summed E-state index contributed by atoms with van der Waals surface area (Å²) in [6, 6.07) is 1.47. The topological polar surface area (TPSA) is 75.6 Å². The minimum Gasteiger partial charge on any atom is -0.366 e. The first kappa shape index (κ1) is 13.3. The van der Waals surface area contributed by atoms with Gasteiger partial charge in [-0.15, -0.1) is 0 Å². The highest BCUT2D eigenvalue weighted by molar-refractivity contribution is 5.35. The summed E-state index contributed by atoms with van der Waals surface area (Å²) in [6.45, 7) is 4.65. The van der Waals surface area contributed by atoms with E-state index < -0.39 is 0 Å². The summed E-state index contributed by atoms with van der Waals surface area (Å²) in [5.74, 6) is 1.29. The van der Waals surface area contributed by atoms with Crippen LogP contribution in [-0.4, -0.2) is 19.7 Å². The fraction of sp³-hybridized carbons (Fsp3) is 0.462. The van der Waals surface area contributed by atoms with Crippen molar-refractivity contribution in [1.29, 1.82) is 0 Å². The predicted molar refractivity (Wildman–Crippen MR) is 74.1 cm³/mol. The summed E-state index contributed by atoms with van der Waals surface area (Å²) in [5.41, 5.74) is 2.07. The third-order valence-corrected chi connectivity index (χ3v) is 2.91. The van der Waals surface area contributed by atoms with Gasteiger partial charge in [-0.25, -0.2) is 4.98 Å². The molecule has 0 saturated carbocycles. The van der Waals surface area contributed by atoms with E-state index in [0.29, 0.717) is 24.6 Å². The quantitative estimate of drug-likeness (QED) is 0.849. The van der Waals surface area contributed by atoms with E-state index in [1.54, 1.807) is 4.68 Å². The van der Waals surface area contributed by atoms with Crippen molar-refractivity contribution in [3.63, 3.8) is 0 Å². The van der Waals surface area contributed by atoms with Gasteiger partial charge < -0.3 is 10.3 Å². The number of hydrogen-bond acceptors (Lipinski definition) is 4. The monoisotopic (exact) mass is 261 g/mol. The summed E-state index contributed by atoms with van der Waals surface area (Å²) in [4.78, 5) is 18.5. The van der Waals surface area contributed by atoms with Crippen LogP contribution in [0.3, 0.4) is 0 Å². The number of rotatable bonds is 5. The van der Waals surface area contributed by atoms with Crippen LogP contribution in [0, 0.1) is 0 Å². The van der Waals surface area contributed by atoms with Gasteiger partial charge in [0.15, 0.2) is 0 Å². The predicted octanol–water partition coefficient (Wildman–Crippen LogP) is 1.24. The number of nitrogens with zero attached hydrogens (tertiary/aromatic N) is 3. The van der Waals surface area contributed by atoms with E-state index >= 15 is 0 Å². The molecule has 0 unspecified atom stereocenters. The number of aryl methyl sites for hydroxylation is 3. The zero-order valence-corrected chi connectivity index (χ0v) is 11.5. The molecule has 0 aliphatic rings. The smallest absolute Gasteiger partial charge is 0.252 e. The Hall–Kier alpha value is -2.11. The Morgan fingerprint density at radius 1 is 1.37 bits per heavy atom. The molecule has 0 fully saturated rings. The molecule has 0 aliphatic carbocycles. The van der Waals surface area contributed by atoms with Gasteiger partial charge in [0.05, 0.1) is 5.69 Å². The lowest BCUT2D eigenvalue weighted by atomic mass is 10.2. The average Bonchev–Trinajstić information content (AvgIpc) is 2.76. The second-order valence-corrected chi connectivity index (χ2v) is 4.41. The summed E-state index contributed by atoms with van der Waals surface area (Å²) < 4.78 is 1.80. The largest absolute Gasteiger partial charge is 0.366 e. The third kappa shape index (κ3) is 3.21. The van der Waals surface area contributed by atoms with Gasteiger partial charge in [0.1, 0.15) is 11.6 Å². The molecule has 0 aliphatic heterocycles. The first-order valence-electron chi connectivity index (χ1n) is 6.47. The molecule has 0 atom stereocenters. The summed E-state index contributed by atoms with van der Waals surface area (Å²) >= 11 is 0. The second-order valence-electron chi connectivity index (χ2n) is 4.41. The molecule has 2 heterocycles. The maximum absolute atomic E-state index is 11.5. The van der Waals surface area contributed by atoms with Gasteiger partial charge in [0.2, 0.25) is 0 Å². The molecule has 2 N–H and O–H groups in total. The number of aromatic amines is 1. The molecule has 0 aromatic carbocycles. The fourth-order valence-corrected chi connectivity index (χ4v) is 1.98. The van der Waals surface area contributed by atoms with E-state index in [1.807, 2.05) is 20.2 Å². The van der Waals surface area contributed by atoms with Crippen molar-refractivity contribution in [3.8, 4) is 0 Å². The maximum Gasteiger partial charge on any atom is 0.252 e. The molecule has 2 aromatic heterocycles. The number of anilines is 1. The maximum atomic E-state index is 11.5. The zero-order valence-electron chi connectivity index (χ0n) is 11.5. The molecule has 0 spiro atoms. The van der Waals surface area contributed by atoms with Crippen molar-refractivity contribution in [2.75, 3.05) is 5.32 Å². The van der Waals surface area contributed by atoms with Crippen molar-refractivity contribution in [2.45, 2.75) is 33.2 Å². The number of H-pyrrole nitrogens is 1. The van der Waals surface area contributed by atoms with Gasteiger partial charge in [0, 0.05) is 37.8 Å². The molecule has 0 amide bonds. The third-order valence-electron chi connectivity index (χ3n) is 2.91. The van der Waals surface area contributed by atoms with E-state index in [2.05, 4.69) is 27.3 Å². The van der Waals surface area contributed by atoms with Crippen LogP contribution in [-0.2, 0) is 26.4 Å². The Morgan fingerprint density at radius 2 is 2.16 bits per heavy atom. The first-order valence-corrected chi connectivity index (χ1v) is 6.47. The van der Waals surface area contributed by atoms with E-state index in [1.165, 1.54) is 6.07 Å². The fourth-order valence-electron chi connectivity index (χ4n) is 1.98. The van der Waals surface area contributed by atoms with E-state index in [-0.39, 0.29) is 5.56 Å².